The van der Waals surface area contributed by atoms with Crippen molar-refractivity contribution in [3.8, 4) is 22.8 Å². The molecule has 2 heterocycles. The minimum Gasteiger partial charge on any atom is -0.449 e. The first-order valence-corrected chi connectivity index (χ1v) is 20.2. The number of amides is 2. The Kier molecular flexibility index (Phi) is 17.5. The summed E-state index contributed by atoms with van der Waals surface area (Å²) in [7, 11) is 0. The Hall–Kier alpha value is -6.11. The first-order chi connectivity index (χ1) is 28.8. The van der Waals surface area contributed by atoms with Gasteiger partial charge in [0, 0.05) is 22.1 Å². The Morgan fingerprint density at radius 2 is 1.02 bits per heavy atom. The minimum atomic E-state index is -4.84. The van der Waals surface area contributed by atoms with Crippen LogP contribution in [0.25, 0.3) is 22.8 Å². The monoisotopic (exact) mass is 905 g/mol. The minimum absolute atomic E-state index is 0.400. The number of hydrogen-bond acceptors (Lipinski definition) is 10. The highest BCUT2D eigenvalue weighted by atomic mass is 79.9. The summed E-state index contributed by atoms with van der Waals surface area (Å²) in [6, 6.07) is 35.9. The maximum Gasteiger partial charge on any atom is 0.480 e. The molecule has 19 heteroatoms. The molecule has 0 fully saturated rings. The Labute approximate surface area is 361 Å². The number of tetrazole rings is 2. The molecule has 0 atom stereocenters. The van der Waals surface area contributed by atoms with E-state index in [0.717, 1.165) is 32.3 Å². The van der Waals surface area contributed by atoms with Gasteiger partial charge in [-0.25, -0.2) is 9.59 Å². The molecule has 0 saturated carbocycles. The first-order valence-electron chi connectivity index (χ1n) is 19.4. The zero-order valence-electron chi connectivity index (χ0n) is 34.9. The lowest BCUT2D eigenvalue weighted by atomic mass is 9.86. The highest BCUT2D eigenvalue weighted by molar-refractivity contribution is 9.10. The van der Waals surface area contributed by atoms with Gasteiger partial charge in [0.05, 0.1) is 13.1 Å². The topological polar surface area (TPSA) is 164 Å². The van der Waals surface area contributed by atoms with E-state index in [-0.39, 0.29) is 0 Å². The molecule has 6 aromatic rings. The summed E-state index contributed by atoms with van der Waals surface area (Å²) in [5, 5.41) is 30.0. The highest BCUT2D eigenvalue weighted by Crippen LogP contribution is 2.18. The molecule has 6 rings (SSSR count). The van der Waals surface area contributed by atoms with Crippen LogP contribution in [0, 0.1) is 0 Å². The lowest BCUT2D eigenvalue weighted by molar-refractivity contribution is 0.0517. The molecular formula is C42H50BBrF3N10O4-. The Balaban J connectivity index is 0.000000216. The van der Waals surface area contributed by atoms with Crippen molar-refractivity contribution in [2.24, 2.45) is 0 Å². The average molecular weight is 907 g/mol. The molecule has 0 bridgehead atoms. The summed E-state index contributed by atoms with van der Waals surface area (Å²) in [6.07, 6.45) is -1.49. The largest absolute Gasteiger partial charge is 0.480 e. The predicted molar refractivity (Wildman–Crippen MR) is 231 cm³/mol. The number of ether oxygens (including phenoxy) is 2. The van der Waals surface area contributed by atoms with Crippen LogP contribution >= 0.6 is 15.9 Å². The van der Waals surface area contributed by atoms with Crippen LogP contribution in [0.3, 0.4) is 0 Å². The van der Waals surface area contributed by atoms with Crippen LogP contribution in [-0.2, 0) is 29.0 Å². The van der Waals surface area contributed by atoms with Gasteiger partial charge in [-0.3, -0.25) is 0 Å². The third-order valence-corrected chi connectivity index (χ3v) is 8.30. The van der Waals surface area contributed by atoms with Gasteiger partial charge < -0.3 is 33.1 Å². The van der Waals surface area contributed by atoms with Gasteiger partial charge in [-0.2, -0.15) is 9.59 Å². The lowest BCUT2D eigenvalue weighted by Gasteiger charge is -2.20. The molecule has 0 spiro atoms. The summed E-state index contributed by atoms with van der Waals surface area (Å²) < 4.78 is 46.1. The Bertz CT molecular complexity index is 2230. The number of carbonyl (C=O) groups excluding carboxylic acids is 2. The van der Waals surface area contributed by atoms with Crippen molar-refractivity contribution in [1.82, 2.24) is 51.0 Å². The van der Waals surface area contributed by atoms with Crippen molar-refractivity contribution in [3.63, 3.8) is 0 Å². The molecule has 0 aliphatic heterocycles. The van der Waals surface area contributed by atoms with Gasteiger partial charge in [0.25, 0.3) is 0 Å². The second-order valence-electron chi connectivity index (χ2n) is 15.6. The van der Waals surface area contributed by atoms with Gasteiger partial charge in [-0.05, 0) is 106 Å². The Morgan fingerprint density at radius 3 is 1.43 bits per heavy atom. The second kappa shape index (κ2) is 22.5. The molecule has 0 aliphatic carbocycles. The van der Waals surface area contributed by atoms with E-state index in [1.165, 1.54) is 0 Å². The smallest absolute Gasteiger partial charge is 0.449 e. The summed E-state index contributed by atoms with van der Waals surface area (Å²) in [4.78, 5) is 25.7. The number of nitrogens with one attached hydrogen (secondary N) is 2. The second-order valence-corrected chi connectivity index (χ2v) is 16.5. The fourth-order valence-electron chi connectivity index (χ4n) is 5.04. The van der Waals surface area contributed by atoms with E-state index in [1.54, 1.807) is 30.4 Å². The maximum atomic E-state index is 11.7. The molecule has 0 aliphatic rings. The van der Waals surface area contributed by atoms with Crippen LogP contribution in [0.2, 0.25) is 6.32 Å². The van der Waals surface area contributed by atoms with Crippen LogP contribution < -0.4 is 10.6 Å². The molecule has 61 heavy (non-hydrogen) atoms. The maximum absolute atomic E-state index is 11.7. The van der Waals surface area contributed by atoms with Crippen molar-refractivity contribution < 1.29 is 32.0 Å². The van der Waals surface area contributed by atoms with Gasteiger partial charge in [0.1, 0.15) is 11.2 Å². The van der Waals surface area contributed by atoms with Crippen LogP contribution in [0.4, 0.5) is 22.5 Å². The number of nitrogens with zero attached hydrogens (tertiary/aromatic N) is 8. The summed E-state index contributed by atoms with van der Waals surface area (Å²) >= 11 is 3.41. The van der Waals surface area contributed by atoms with E-state index in [2.05, 4.69) is 52.1 Å². The third kappa shape index (κ3) is 19.2. The highest BCUT2D eigenvalue weighted by Gasteiger charge is 2.23. The van der Waals surface area contributed by atoms with Gasteiger partial charge in [-0.15, -0.1) is 20.4 Å². The van der Waals surface area contributed by atoms with E-state index in [0.29, 0.717) is 37.7 Å². The molecule has 14 nitrogen and oxygen atoms in total. The molecule has 324 valence electrons. The number of halogens is 4. The molecule has 2 N–H and O–H groups in total. The van der Waals surface area contributed by atoms with Crippen LogP contribution in [0.15, 0.2) is 114 Å². The van der Waals surface area contributed by atoms with Gasteiger partial charge in [0.2, 0.25) is 11.6 Å². The number of benzene rings is 4. The van der Waals surface area contributed by atoms with Crippen molar-refractivity contribution in [3.05, 3.63) is 130 Å². The van der Waals surface area contributed by atoms with E-state index >= 15 is 0 Å². The Morgan fingerprint density at radius 1 is 0.607 bits per heavy atom. The average Bonchev–Trinajstić information content (AvgIpc) is 3.85. The lowest BCUT2D eigenvalue weighted by Crippen LogP contribution is -2.34. The standard InChI is InChI=1S/C21H25N5O2.C14H11BrN4.C7H14BF3NO2/c1-21(2,3)28-20(27)22-14-13-16-9-11-18(12-10-16)19-23-25-26(24-19)15-17-7-5-4-6-8-17;15-13-8-6-12(7-9-13)14-16-18-19(17-14)10-11-4-2-1-3-5-11;1-7(2,3)14-6(13)12-5-4-8(9,10)11/h4-12H,13-15H2,1-3H3,(H,22,27);1-9H,10H2;4-5H2,1-3H3,(H,12,13)/q;;-1. The molecule has 2 aromatic heterocycles. The van der Waals surface area contributed by atoms with Gasteiger partial charge in [0.15, 0.2) is 0 Å². The molecule has 2 amide bonds. The quantitative estimate of drug-likeness (QED) is 0.113. The molecule has 0 unspecified atom stereocenters. The molecule has 0 radical (unpaired) electrons. The van der Waals surface area contributed by atoms with E-state index in [4.69, 9.17) is 9.47 Å². The fraction of sp³-hybridized carbons (Fsp3) is 0.333. The van der Waals surface area contributed by atoms with Gasteiger partial charge >= 0.3 is 19.2 Å². The zero-order valence-corrected chi connectivity index (χ0v) is 36.5. The van der Waals surface area contributed by atoms with Crippen molar-refractivity contribution >= 4 is 35.1 Å². The first kappa shape index (κ1) is 47.6. The number of aromatic nitrogens is 8. The van der Waals surface area contributed by atoms with Crippen LogP contribution in [0.5, 0.6) is 0 Å². The predicted octanol–water partition coefficient (Wildman–Crippen LogP) is 8.97. The SMILES string of the molecule is Brc1ccc(-c2nnn(Cc3ccccc3)n2)cc1.CC(C)(C)OC(=O)NCC[B-](F)(F)F.CC(C)(C)OC(=O)NCCc1ccc(-c2nnn(Cc3ccccc3)n2)cc1. The summed E-state index contributed by atoms with van der Waals surface area (Å²) in [5.41, 5.74) is 4.08. The molecular weight excluding hydrogens is 856 g/mol. The molecule has 4 aromatic carbocycles. The fourth-order valence-corrected chi connectivity index (χ4v) is 5.30. The summed E-state index contributed by atoms with van der Waals surface area (Å²) in [6.45, 7) is 6.90. The number of carbonyl (C=O) groups is 2. The summed E-state index contributed by atoms with van der Waals surface area (Å²) in [5.74, 6) is 1.23. The number of alkyl carbamates (subject to hydrolysis) is 2. The van der Waals surface area contributed by atoms with Crippen LogP contribution in [0.1, 0.15) is 58.2 Å². The number of rotatable bonds is 12. The normalized spacial score (nSPS) is 11.3. The van der Waals surface area contributed by atoms with Crippen molar-refractivity contribution in [2.45, 2.75) is 78.6 Å². The molecule has 0 saturated heterocycles. The van der Waals surface area contributed by atoms with Crippen molar-refractivity contribution in [1.29, 1.82) is 0 Å². The van der Waals surface area contributed by atoms with E-state index < -0.39 is 43.2 Å². The van der Waals surface area contributed by atoms with Crippen LogP contribution in [-0.4, -0.2) is 83.9 Å². The number of hydrogen-bond donors (Lipinski definition) is 2. The van der Waals surface area contributed by atoms with Gasteiger partial charge in [-0.1, -0.05) is 107 Å². The third-order valence-electron chi connectivity index (χ3n) is 7.78. The van der Waals surface area contributed by atoms with E-state index in [9.17, 15) is 22.5 Å². The van der Waals surface area contributed by atoms with Crippen molar-refractivity contribution in [2.75, 3.05) is 13.1 Å². The zero-order chi connectivity index (χ0) is 44.5. The van der Waals surface area contributed by atoms with E-state index in [1.807, 2.05) is 135 Å².